The summed E-state index contributed by atoms with van der Waals surface area (Å²) in [5.41, 5.74) is 5.77. The number of hydrogen-bond donors (Lipinski definition) is 3. The van der Waals surface area contributed by atoms with Crippen LogP contribution in [0.25, 0.3) is 0 Å². The maximum Gasteiger partial charge on any atom is 0.410 e. The van der Waals surface area contributed by atoms with E-state index in [2.05, 4.69) is 10.6 Å². The van der Waals surface area contributed by atoms with Crippen LogP contribution in [-0.2, 0) is 14.2 Å². The zero-order valence-electron chi connectivity index (χ0n) is 17.7. The van der Waals surface area contributed by atoms with Crippen LogP contribution in [0.3, 0.4) is 0 Å². The number of nitrogens with one attached hydrogen (secondary N) is 2. The van der Waals surface area contributed by atoms with Gasteiger partial charge in [-0.05, 0) is 26.7 Å². The molecular weight excluding hydrogens is 352 g/mol. The molecule has 0 aliphatic heterocycles. The number of carbonyl (C=O) groups excluding carboxylic acids is 2. The molecule has 0 aromatic rings. The molecule has 3 unspecified atom stereocenters. The fourth-order valence-electron chi connectivity index (χ4n) is 2.57. The Hall–Kier alpha value is -1.58. The van der Waals surface area contributed by atoms with Gasteiger partial charge in [0, 0.05) is 26.6 Å². The van der Waals surface area contributed by atoms with Gasteiger partial charge in [-0.1, -0.05) is 33.6 Å². The average molecular weight is 391 g/mol. The minimum atomic E-state index is -1.50. The number of alkyl carbamates (subject to hydrolysis) is 2. The Kier molecular flexibility index (Phi) is 12.8. The summed E-state index contributed by atoms with van der Waals surface area (Å²) in [7, 11) is 0. The van der Waals surface area contributed by atoms with Gasteiger partial charge in [0.25, 0.3) is 5.91 Å². The van der Waals surface area contributed by atoms with Crippen LogP contribution in [0.5, 0.6) is 0 Å². The van der Waals surface area contributed by atoms with Gasteiger partial charge in [-0.15, -0.1) is 0 Å². The van der Waals surface area contributed by atoms with Crippen LogP contribution >= 0.6 is 0 Å². The van der Waals surface area contributed by atoms with Gasteiger partial charge < -0.3 is 30.6 Å². The maximum absolute atomic E-state index is 12.2. The van der Waals surface area contributed by atoms with Crippen molar-refractivity contribution < 1.29 is 23.8 Å². The van der Waals surface area contributed by atoms with Crippen molar-refractivity contribution in [3.05, 3.63) is 0 Å². The van der Waals surface area contributed by atoms with Crippen molar-refractivity contribution in [2.45, 2.75) is 85.6 Å². The molecule has 3 atom stereocenters. The van der Waals surface area contributed by atoms with Gasteiger partial charge in [-0.3, -0.25) is 0 Å². The Balaban J connectivity index is 5.05. The lowest BCUT2D eigenvalue weighted by atomic mass is 10.3. The van der Waals surface area contributed by atoms with Crippen LogP contribution < -0.4 is 16.4 Å². The van der Waals surface area contributed by atoms with Crippen LogP contribution in [0, 0.1) is 0 Å². The molecule has 0 saturated carbocycles. The number of rotatable bonds is 13. The van der Waals surface area contributed by atoms with Gasteiger partial charge in [0.2, 0.25) is 0 Å². The lowest BCUT2D eigenvalue weighted by Gasteiger charge is -2.42. The highest BCUT2D eigenvalue weighted by Crippen LogP contribution is 2.23. The van der Waals surface area contributed by atoms with Crippen LogP contribution in [0.1, 0.15) is 67.2 Å². The molecule has 0 saturated heterocycles. The molecule has 0 aliphatic rings. The molecular formula is C18H38N4O5. The molecule has 0 radical (unpaired) electrons. The third-order valence-electron chi connectivity index (χ3n) is 3.86. The fourth-order valence-corrected chi connectivity index (χ4v) is 2.57. The van der Waals surface area contributed by atoms with E-state index < -0.39 is 30.6 Å². The summed E-state index contributed by atoms with van der Waals surface area (Å²) in [6.45, 7) is 12.2. The van der Waals surface area contributed by atoms with E-state index in [1.165, 1.54) is 0 Å². The summed E-state index contributed by atoms with van der Waals surface area (Å²) in [4.78, 5) is 25.7. The largest absolute Gasteiger partial charge is 0.430 e. The van der Waals surface area contributed by atoms with E-state index in [0.29, 0.717) is 19.6 Å². The number of ether oxygens (including phenoxy) is 3. The summed E-state index contributed by atoms with van der Waals surface area (Å²) < 4.78 is 16.6. The molecule has 9 heteroatoms. The molecule has 0 rings (SSSR count). The monoisotopic (exact) mass is 390 g/mol. The normalized spacial score (nSPS) is 15.6. The van der Waals surface area contributed by atoms with Gasteiger partial charge in [0.15, 0.2) is 6.23 Å². The van der Waals surface area contributed by atoms with Crippen LogP contribution in [0.15, 0.2) is 0 Å². The second-order valence-electron chi connectivity index (χ2n) is 6.46. The zero-order chi connectivity index (χ0) is 20.9. The van der Waals surface area contributed by atoms with Crippen molar-refractivity contribution in [1.29, 1.82) is 0 Å². The molecule has 0 heterocycles. The average Bonchev–Trinajstić information content (AvgIpc) is 2.54. The molecule has 0 bridgehead atoms. The van der Waals surface area contributed by atoms with Crippen LogP contribution in [0.4, 0.5) is 9.59 Å². The van der Waals surface area contributed by atoms with Crippen molar-refractivity contribution in [2.75, 3.05) is 19.6 Å². The molecule has 2 amide bonds. The van der Waals surface area contributed by atoms with Gasteiger partial charge >= 0.3 is 12.2 Å². The highest BCUT2D eigenvalue weighted by molar-refractivity contribution is 5.68. The lowest BCUT2D eigenvalue weighted by Crippen LogP contribution is -2.59. The summed E-state index contributed by atoms with van der Waals surface area (Å²) in [6, 6.07) is 0. The lowest BCUT2D eigenvalue weighted by molar-refractivity contribution is -0.316. The molecule has 4 N–H and O–H groups in total. The van der Waals surface area contributed by atoms with E-state index >= 15 is 0 Å². The highest BCUT2D eigenvalue weighted by Gasteiger charge is 2.41. The molecule has 0 aliphatic carbocycles. The Morgan fingerprint density at radius 3 is 2.00 bits per heavy atom. The van der Waals surface area contributed by atoms with Crippen LogP contribution in [-0.4, -0.2) is 55.1 Å². The van der Waals surface area contributed by atoms with Crippen molar-refractivity contribution in [3.63, 3.8) is 0 Å². The predicted molar refractivity (Wildman–Crippen MR) is 104 cm³/mol. The first-order valence-corrected chi connectivity index (χ1v) is 9.81. The number of nitrogens with two attached hydrogens (primary N) is 1. The van der Waals surface area contributed by atoms with Gasteiger partial charge in [-0.2, -0.15) is 0 Å². The maximum atomic E-state index is 12.2. The van der Waals surface area contributed by atoms with E-state index in [4.69, 9.17) is 19.9 Å². The second kappa shape index (κ2) is 13.6. The van der Waals surface area contributed by atoms with Crippen molar-refractivity contribution in [1.82, 2.24) is 15.5 Å². The summed E-state index contributed by atoms with van der Waals surface area (Å²) in [5.74, 6) is -1.50. The Labute approximate surface area is 163 Å². The van der Waals surface area contributed by atoms with Gasteiger partial charge in [-0.25, -0.2) is 14.5 Å². The van der Waals surface area contributed by atoms with Crippen molar-refractivity contribution in [2.24, 2.45) is 5.73 Å². The van der Waals surface area contributed by atoms with Crippen LogP contribution in [0.2, 0.25) is 0 Å². The Bertz CT molecular complexity index is 436. The Morgan fingerprint density at radius 1 is 1.04 bits per heavy atom. The first kappa shape index (κ1) is 25.4. The minimum Gasteiger partial charge on any atom is -0.430 e. The number of unbranched alkanes of at least 4 members (excludes halogenated alkanes) is 2. The summed E-state index contributed by atoms with van der Waals surface area (Å²) >= 11 is 0. The molecule has 160 valence electrons. The van der Waals surface area contributed by atoms with E-state index in [-0.39, 0.29) is 0 Å². The third kappa shape index (κ3) is 10.4. The molecule has 0 aromatic carbocycles. The molecule has 0 spiro atoms. The molecule has 9 nitrogen and oxygen atoms in total. The quantitative estimate of drug-likeness (QED) is 0.327. The van der Waals surface area contributed by atoms with E-state index in [1.807, 2.05) is 20.8 Å². The predicted octanol–water partition coefficient (Wildman–Crippen LogP) is 2.70. The fraction of sp³-hybridized carbons (Fsp3) is 0.889. The second-order valence-corrected chi connectivity index (χ2v) is 6.46. The first-order chi connectivity index (χ1) is 12.7. The van der Waals surface area contributed by atoms with Crippen molar-refractivity contribution in [3.8, 4) is 0 Å². The van der Waals surface area contributed by atoms with E-state index in [0.717, 1.165) is 25.7 Å². The standard InChI is InChI=1S/C18H38N4O5/c1-7-10-12-20-16(23)25-15(5)22(9-3)18(6,26-14(4)19)27-17(24)21-13-11-8-2/h14-15H,7-13,19H2,1-6H3,(H,20,23)(H,21,24). The SMILES string of the molecule is CCCCNC(=O)OC(C)N(CC)C(C)(OC(=O)NCCCC)OC(C)N. The highest BCUT2D eigenvalue weighted by atomic mass is 16.8. The molecule has 27 heavy (non-hydrogen) atoms. The van der Waals surface area contributed by atoms with E-state index in [9.17, 15) is 9.59 Å². The smallest absolute Gasteiger partial charge is 0.410 e. The number of amides is 2. The Morgan fingerprint density at radius 2 is 1.56 bits per heavy atom. The van der Waals surface area contributed by atoms with Gasteiger partial charge in [0.1, 0.15) is 6.23 Å². The van der Waals surface area contributed by atoms with Gasteiger partial charge in [0.05, 0.1) is 0 Å². The number of nitrogens with zero attached hydrogens (tertiary/aromatic N) is 1. The molecule has 0 aromatic heterocycles. The minimum absolute atomic E-state index is 0.398. The number of hydrogen-bond acceptors (Lipinski definition) is 7. The molecule has 0 fully saturated rings. The van der Waals surface area contributed by atoms with Crippen molar-refractivity contribution >= 4 is 12.2 Å². The third-order valence-corrected chi connectivity index (χ3v) is 3.86. The zero-order valence-corrected chi connectivity index (χ0v) is 17.7. The van der Waals surface area contributed by atoms with E-state index in [1.54, 1.807) is 25.7 Å². The number of carbonyl (C=O) groups is 2. The topological polar surface area (TPSA) is 115 Å². The summed E-state index contributed by atoms with van der Waals surface area (Å²) in [5, 5.41) is 5.36. The summed E-state index contributed by atoms with van der Waals surface area (Å²) in [6.07, 6.45) is 1.07. The first-order valence-electron chi connectivity index (χ1n) is 9.81.